The Morgan fingerprint density at radius 1 is 1.15 bits per heavy atom. The van der Waals surface area contributed by atoms with Gasteiger partial charge in [-0.2, -0.15) is 0 Å². The molecule has 1 saturated carbocycles. The third kappa shape index (κ3) is 2.78. The Bertz CT molecular complexity index is 842. The van der Waals surface area contributed by atoms with Gasteiger partial charge in [-0.05, 0) is 75.7 Å². The molecule has 0 saturated heterocycles. The molecule has 2 aromatic carbocycles. The Kier molecular flexibility index (Phi) is 4.20. The van der Waals surface area contributed by atoms with Crippen molar-refractivity contribution in [2.24, 2.45) is 5.41 Å². The Morgan fingerprint density at radius 2 is 1.85 bits per heavy atom. The topological polar surface area (TPSA) is 42.4 Å². The summed E-state index contributed by atoms with van der Waals surface area (Å²) in [6.07, 6.45) is 2.46. The van der Waals surface area contributed by atoms with Crippen LogP contribution in [-0.4, -0.2) is 25.6 Å². The molecule has 0 aromatic heterocycles. The van der Waals surface area contributed by atoms with Gasteiger partial charge < -0.3 is 9.80 Å². The van der Waals surface area contributed by atoms with Crippen LogP contribution < -0.4 is 15.1 Å². The van der Waals surface area contributed by atoms with E-state index in [1.54, 1.807) is 0 Å². The highest BCUT2D eigenvalue weighted by Crippen LogP contribution is 2.55. The number of anilines is 3. The Balaban J connectivity index is 1.92. The number of halogens is 1. The van der Waals surface area contributed by atoms with E-state index in [0.717, 1.165) is 28.6 Å². The van der Waals surface area contributed by atoms with Crippen LogP contribution in [0.25, 0.3) is 0 Å². The predicted molar refractivity (Wildman–Crippen MR) is 110 cm³/mol. The summed E-state index contributed by atoms with van der Waals surface area (Å²) >= 11 is 6.12. The first-order valence-electron chi connectivity index (χ1n) is 9.11. The average molecular weight is 369 g/mol. The Labute approximate surface area is 160 Å². The number of hydrogen-bond acceptors (Lipinski definition) is 3. The molecule has 0 amide bonds. The zero-order valence-corrected chi connectivity index (χ0v) is 16.3. The van der Waals surface area contributed by atoms with Gasteiger partial charge in [0.15, 0.2) is 0 Å². The maximum Gasteiger partial charge on any atom is 0.0984 e. The van der Waals surface area contributed by atoms with Gasteiger partial charge in [0.05, 0.1) is 23.4 Å². The SMILES string of the molecule is CNC1N(C(C)=N)c2ccc(C)cc2N(c2ccc(Cl)cc2)CC12CC2. The number of amidine groups is 1. The van der Waals surface area contributed by atoms with Gasteiger partial charge in [0.2, 0.25) is 0 Å². The van der Waals surface area contributed by atoms with Crippen molar-refractivity contribution in [1.82, 2.24) is 5.32 Å². The summed E-state index contributed by atoms with van der Waals surface area (Å²) in [6.45, 7) is 4.93. The minimum Gasteiger partial charge on any atom is -0.339 e. The molecule has 1 aliphatic heterocycles. The van der Waals surface area contributed by atoms with E-state index in [1.165, 1.54) is 18.4 Å². The molecular weight excluding hydrogens is 344 g/mol. The third-order valence-electron chi connectivity index (χ3n) is 5.66. The van der Waals surface area contributed by atoms with Crippen molar-refractivity contribution in [2.45, 2.75) is 32.9 Å². The fourth-order valence-corrected chi connectivity index (χ4v) is 4.33. The smallest absolute Gasteiger partial charge is 0.0984 e. The van der Waals surface area contributed by atoms with Crippen LogP contribution in [0.4, 0.5) is 17.1 Å². The number of nitrogens with one attached hydrogen (secondary N) is 2. The average Bonchev–Trinajstić information content (AvgIpc) is 3.40. The largest absolute Gasteiger partial charge is 0.339 e. The van der Waals surface area contributed by atoms with Gasteiger partial charge in [0.1, 0.15) is 0 Å². The molecule has 0 radical (unpaired) electrons. The van der Waals surface area contributed by atoms with Gasteiger partial charge in [-0.1, -0.05) is 17.7 Å². The molecule has 1 atom stereocenters. The van der Waals surface area contributed by atoms with Gasteiger partial charge in [-0.15, -0.1) is 0 Å². The molecule has 5 heteroatoms. The highest BCUT2D eigenvalue weighted by Gasteiger charge is 2.55. The second-order valence-electron chi connectivity index (χ2n) is 7.56. The summed E-state index contributed by atoms with van der Waals surface area (Å²) in [4.78, 5) is 4.57. The van der Waals surface area contributed by atoms with Crippen molar-refractivity contribution < 1.29 is 0 Å². The van der Waals surface area contributed by atoms with Crippen LogP contribution in [0.15, 0.2) is 42.5 Å². The molecule has 2 aliphatic rings. The normalized spacial score (nSPS) is 20.7. The van der Waals surface area contributed by atoms with E-state index in [4.69, 9.17) is 17.0 Å². The van der Waals surface area contributed by atoms with Crippen molar-refractivity contribution in [3.8, 4) is 0 Å². The second-order valence-corrected chi connectivity index (χ2v) is 8.00. The molecule has 1 aliphatic carbocycles. The van der Waals surface area contributed by atoms with Crippen LogP contribution in [0.5, 0.6) is 0 Å². The molecule has 0 bridgehead atoms. The number of nitrogens with zero attached hydrogens (tertiary/aromatic N) is 2. The molecular formula is C21H25ClN4. The molecule has 2 N–H and O–H groups in total. The molecule has 136 valence electrons. The van der Waals surface area contributed by atoms with E-state index in [-0.39, 0.29) is 11.6 Å². The number of fused-ring (bicyclic) bond motifs is 1. The summed E-state index contributed by atoms with van der Waals surface area (Å²) < 4.78 is 0. The van der Waals surface area contributed by atoms with Crippen molar-refractivity contribution in [3.05, 3.63) is 53.1 Å². The van der Waals surface area contributed by atoms with Gasteiger partial charge >= 0.3 is 0 Å². The zero-order chi connectivity index (χ0) is 18.5. The summed E-state index contributed by atoms with van der Waals surface area (Å²) in [6, 6.07) is 14.6. The minimum atomic E-state index is 0.124. The molecule has 26 heavy (non-hydrogen) atoms. The van der Waals surface area contributed by atoms with Crippen molar-refractivity contribution in [2.75, 3.05) is 23.4 Å². The fraction of sp³-hybridized carbons (Fsp3) is 0.381. The predicted octanol–water partition coefficient (Wildman–Crippen LogP) is 4.93. The quantitative estimate of drug-likeness (QED) is 0.583. The highest BCUT2D eigenvalue weighted by atomic mass is 35.5. The maximum absolute atomic E-state index is 8.46. The van der Waals surface area contributed by atoms with Crippen LogP contribution in [0.1, 0.15) is 25.3 Å². The number of hydrogen-bond donors (Lipinski definition) is 2. The summed E-state index contributed by atoms with van der Waals surface area (Å²) in [5.74, 6) is 0.568. The summed E-state index contributed by atoms with van der Waals surface area (Å²) in [5.41, 5.74) is 4.75. The first-order chi connectivity index (χ1) is 12.4. The highest BCUT2D eigenvalue weighted by molar-refractivity contribution is 6.30. The molecule has 4 rings (SSSR count). The first kappa shape index (κ1) is 17.4. The van der Waals surface area contributed by atoms with Gasteiger partial charge in [-0.3, -0.25) is 10.7 Å². The second kappa shape index (κ2) is 6.29. The fourth-order valence-electron chi connectivity index (χ4n) is 4.21. The Morgan fingerprint density at radius 3 is 2.42 bits per heavy atom. The number of benzene rings is 2. The van der Waals surface area contributed by atoms with Crippen molar-refractivity contribution in [1.29, 1.82) is 5.41 Å². The van der Waals surface area contributed by atoms with Gasteiger partial charge in [-0.25, -0.2) is 0 Å². The van der Waals surface area contributed by atoms with E-state index in [1.807, 2.05) is 26.1 Å². The zero-order valence-electron chi connectivity index (χ0n) is 15.5. The number of rotatable bonds is 2. The van der Waals surface area contributed by atoms with Crippen LogP contribution in [0.2, 0.25) is 5.02 Å². The minimum absolute atomic E-state index is 0.124. The van der Waals surface area contributed by atoms with Crippen molar-refractivity contribution >= 4 is 34.5 Å². The molecule has 1 unspecified atom stereocenters. The monoisotopic (exact) mass is 368 g/mol. The number of aryl methyl sites for hydroxylation is 1. The first-order valence-corrected chi connectivity index (χ1v) is 9.48. The standard InChI is InChI=1S/C21H25ClN4/c1-14-4-9-18-19(12-14)25(17-7-5-16(22)6-8-17)13-21(10-11-21)20(24-3)26(18)15(2)23/h4-9,12,20,23-24H,10-11,13H2,1-3H3. The van der Waals surface area contributed by atoms with E-state index in [0.29, 0.717) is 5.84 Å². The molecule has 2 aromatic rings. The lowest BCUT2D eigenvalue weighted by molar-refractivity contribution is 0.370. The van der Waals surface area contributed by atoms with E-state index in [9.17, 15) is 0 Å². The lowest BCUT2D eigenvalue weighted by Gasteiger charge is -2.36. The van der Waals surface area contributed by atoms with E-state index in [2.05, 4.69) is 52.4 Å². The lowest BCUT2D eigenvalue weighted by Crippen LogP contribution is -2.53. The van der Waals surface area contributed by atoms with Crippen LogP contribution in [0.3, 0.4) is 0 Å². The van der Waals surface area contributed by atoms with Crippen molar-refractivity contribution in [3.63, 3.8) is 0 Å². The maximum atomic E-state index is 8.46. The summed E-state index contributed by atoms with van der Waals surface area (Å²) in [5, 5.41) is 12.7. The molecule has 1 heterocycles. The van der Waals surface area contributed by atoms with Crippen LogP contribution in [0, 0.1) is 17.7 Å². The Hall–Kier alpha value is -2.04. The molecule has 1 fully saturated rings. The van der Waals surface area contributed by atoms with Gasteiger partial charge in [0, 0.05) is 22.7 Å². The summed E-state index contributed by atoms with van der Waals surface area (Å²) in [7, 11) is 2.01. The van der Waals surface area contributed by atoms with E-state index < -0.39 is 0 Å². The molecule has 1 spiro atoms. The van der Waals surface area contributed by atoms with E-state index >= 15 is 0 Å². The molecule has 4 nitrogen and oxygen atoms in total. The third-order valence-corrected chi connectivity index (χ3v) is 5.91. The van der Waals surface area contributed by atoms with Crippen LogP contribution >= 0.6 is 11.6 Å². The van der Waals surface area contributed by atoms with Gasteiger partial charge in [0.25, 0.3) is 0 Å². The van der Waals surface area contributed by atoms with Crippen LogP contribution in [-0.2, 0) is 0 Å². The lowest BCUT2D eigenvalue weighted by atomic mass is 10.0.